The number of benzene rings is 1. The van der Waals surface area contributed by atoms with Crippen molar-refractivity contribution in [3.8, 4) is 18.2 Å². The van der Waals surface area contributed by atoms with Crippen molar-refractivity contribution in [2.24, 2.45) is 17.1 Å². The minimum absolute atomic E-state index is 0.0445. The molecule has 0 unspecified atom stereocenters. The highest BCUT2D eigenvalue weighted by molar-refractivity contribution is 5.69. The molecule has 0 saturated heterocycles. The second-order valence-corrected chi connectivity index (χ2v) is 7.36. The van der Waals surface area contributed by atoms with E-state index in [2.05, 4.69) is 0 Å². The predicted octanol–water partition coefficient (Wildman–Crippen LogP) is 3.59. The normalized spacial score (nSPS) is 22.0. The number of nitrogens with zero attached hydrogens (tertiary/aromatic N) is 4. The van der Waals surface area contributed by atoms with Crippen LogP contribution in [0.4, 0.5) is 18.0 Å². The summed E-state index contributed by atoms with van der Waals surface area (Å²) in [7, 11) is 0. The number of allylic oxidation sites excluding steroid dienone is 2. The summed E-state index contributed by atoms with van der Waals surface area (Å²) in [6.45, 7) is 1.60. The number of carbonyl (C=O) groups is 1. The van der Waals surface area contributed by atoms with Gasteiger partial charge in [0, 0.05) is 24.9 Å². The Balaban J connectivity index is 2.33. The van der Waals surface area contributed by atoms with Gasteiger partial charge in [-0.15, -0.1) is 0 Å². The summed E-state index contributed by atoms with van der Waals surface area (Å²) in [4.78, 5) is 13.6. The third-order valence-corrected chi connectivity index (χ3v) is 5.79. The van der Waals surface area contributed by atoms with Gasteiger partial charge in [-0.05, 0) is 24.1 Å². The highest BCUT2D eigenvalue weighted by Crippen LogP contribution is 2.55. The molecule has 0 saturated carbocycles. The Kier molecular flexibility index (Phi) is 5.88. The van der Waals surface area contributed by atoms with Crippen LogP contribution in [0.2, 0.25) is 0 Å². The smallest absolute Gasteiger partial charge is 0.416 e. The lowest BCUT2D eigenvalue weighted by atomic mass is 9.57. The van der Waals surface area contributed by atoms with Gasteiger partial charge in [-0.25, -0.2) is 4.79 Å². The molecule has 1 aliphatic heterocycles. The molecule has 164 valence electrons. The average molecular weight is 441 g/mol. The highest BCUT2D eigenvalue weighted by atomic mass is 19.4. The molecule has 0 fully saturated rings. The number of halogens is 3. The minimum Gasteiger partial charge on any atom is -0.450 e. The number of nitriles is 3. The zero-order valence-electron chi connectivity index (χ0n) is 17.0. The summed E-state index contributed by atoms with van der Waals surface area (Å²) in [5, 5.41) is 29.7. The lowest BCUT2D eigenvalue weighted by Gasteiger charge is -2.45. The summed E-state index contributed by atoms with van der Waals surface area (Å²) in [6, 6.07) is 10.1. The van der Waals surface area contributed by atoms with Gasteiger partial charge in [0.2, 0.25) is 0 Å². The van der Waals surface area contributed by atoms with Gasteiger partial charge in [-0.1, -0.05) is 24.3 Å². The fraction of sp³-hybridized carbons (Fsp3) is 0.364. The first kappa shape index (κ1) is 22.7. The molecule has 0 aromatic heterocycles. The fourth-order valence-electron chi connectivity index (χ4n) is 4.41. The number of alkyl halides is 3. The largest absolute Gasteiger partial charge is 0.450 e. The van der Waals surface area contributed by atoms with E-state index in [1.165, 1.54) is 29.2 Å². The van der Waals surface area contributed by atoms with E-state index < -0.39 is 35.1 Å². The second kappa shape index (κ2) is 8.28. The number of nitrogens with two attached hydrogens (primary N) is 1. The Morgan fingerprint density at radius 3 is 2.50 bits per heavy atom. The quantitative estimate of drug-likeness (QED) is 0.747. The maximum Gasteiger partial charge on any atom is 0.416 e. The van der Waals surface area contributed by atoms with Gasteiger partial charge in [0.05, 0.1) is 35.6 Å². The van der Waals surface area contributed by atoms with Crippen LogP contribution in [0.25, 0.3) is 0 Å². The van der Waals surface area contributed by atoms with Gasteiger partial charge in [0.1, 0.15) is 6.07 Å². The summed E-state index contributed by atoms with van der Waals surface area (Å²) >= 11 is 0. The van der Waals surface area contributed by atoms with Crippen molar-refractivity contribution in [3.05, 3.63) is 58.3 Å². The summed E-state index contributed by atoms with van der Waals surface area (Å²) in [5.74, 6) is -2.34. The third kappa shape index (κ3) is 3.42. The number of ether oxygens (including phenoxy) is 1. The SMILES string of the molecule is CCOC(=O)N1CC=C2C(C#N)=C(N)C(C#N)(C#N)[C@@H](c3ccccc3C(F)(F)F)[C@H]2C1. The van der Waals surface area contributed by atoms with Crippen LogP contribution in [0, 0.1) is 45.3 Å². The van der Waals surface area contributed by atoms with Crippen molar-refractivity contribution in [1.29, 1.82) is 15.8 Å². The molecule has 1 heterocycles. The van der Waals surface area contributed by atoms with Crippen LogP contribution in [-0.4, -0.2) is 30.7 Å². The van der Waals surface area contributed by atoms with Crippen molar-refractivity contribution in [2.75, 3.05) is 19.7 Å². The van der Waals surface area contributed by atoms with Crippen LogP contribution in [-0.2, 0) is 10.9 Å². The molecule has 2 atom stereocenters. The van der Waals surface area contributed by atoms with E-state index in [1.807, 2.05) is 6.07 Å². The van der Waals surface area contributed by atoms with Gasteiger partial charge in [0.15, 0.2) is 5.41 Å². The predicted molar refractivity (Wildman–Crippen MR) is 105 cm³/mol. The first-order valence-corrected chi connectivity index (χ1v) is 9.67. The van der Waals surface area contributed by atoms with Gasteiger partial charge >= 0.3 is 12.3 Å². The maximum absolute atomic E-state index is 13.9. The second-order valence-electron chi connectivity index (χ2n) is 7.36. The van der Waals surface area contributed by atoms with Crippen molar-refractivity contribution in [1.82, 2.24) is 4.90 Å². The van der Waals surface area contributed by atoms with Crippen LogP contribution in [0.15, 0.2) is 47.2 Å². The molecule has 32 heavy (non-hydrogen) atoms. The Bertz CT molecular complexity index is 1120. The lowest BCUT2D eigenvalue weighted by molar-refractivity contribution is -0.138. The molecule has 7 nitrogen and oxygen atoms in total. The van der Waals surface area contributed by atoms with Crippen molar-refractivity contribution in [3.63, 3.8) is 0 Å². The standard InChI is InChI=1S/C22H18F3N5O2/c1-2-32-20(31)30-8-7-13-15(9-26)19(29)21(11-27,12-28)18(16(13)10-30)14-5-3-4-6-17(14)22(23,24)25/h3-7,16,18H,2,8,10,29H2,1H3/t16-,18-/m0/s1. The van der Waals surface area contributed by atoms with E-state index >= 15 is 0 Å². The number of carbonyl (C=O) groups excluding carboxylic acids is 1. The molecular weight excluding hydrogens is 423 g/mol. The van der Waals surface area contributed by atoms with E-state index in [9.17, 15) is 33.8 Å². The van der Waals surface area contributed by atoms with Crippen LogP contribution in [0.3, 0.4) is 0 Å². The molecule has 1 aromatic rings. The summed E-state index contributed by atoms with van der Waals surface area (Å²) in [5.41, 5.74) is 2.35. The zero-order chi connectivity index (χ0) is 23.7. The van der Waals surface area contributed by atoms with Crippen LogP contribution in [0.1, 0.15) is 24.0 Å². The van der Waals surface area contributed by atoms with E-state index in [4.69, 9.17) is 10.5 Å². The molecule has 2 aliphatic rings. The van der Waals surface area contributed by atoms with Crippen LogP contribution in [0.5, 0.6) is 0 Å². The Labute approximate surface area is 182 Å². The monoisotopic (exact) mass is 441 g/mol. The van der Waals surface area contributed by atoms with Crippen LogP contribution >= 0.6 is 0 Å². The Morgan fingerprint density at radius 1 is 1.28 bits per heavy atom. The third-order valence-electron chi connectivity index (χ3n) is 5.79. The van der Waals surface area contributed by atoms with E-state index in [0.717, 1.165) is 6.07 Å². The fourth-order valence-corrected chi connectivity index (χ4v) is 4.41. The van der Waals surface area contributed by atoms with Crippen molar-refractivity contribution in [2.45, 2.75) is 19.0 Å². The van der Waals surface area contributed by atoms with Gasteiger partial charge in [0.25, 0.3) is 0 Å². The average Bonchev–Trinajstić information content (AvgIpc) is 2.77. The number of amides is 1. The molecule has 1 aliphatic carbocycles. The minimum atomic E-state index is -4.76. The zero-order valence-corrected chi connectivity index (χ0v) is 17.0. The van der Waals surface area contributed by atoms with E-state index in [1.54, 1.807) is 19.1 Å². The topological polar surface area (TPSA) is 127 Å². The molecule has 2 N–H and O–H groups in total. The van der Waals surface area contributed by atoms with Gasteiger partial charge in [-0.2, -0.15) is 29.0 Å². The molecule has 3 rings (SSSR count). The molecule has 0 bridgehead atoms. The molecule has 1 amide bonds. The highest BCUT2D eigenvalue weighted by Gasteiger charge is 2.56. The van der Waals surface area contributed by atoms with Gasteiger partial charge in [-0.3, -0.25) is 0 Å². The lowest BCUT2D eigenvalue weighted by Crippen LogP contribution is -2.49. The van der Waals surface area contributed by atoms with E-state index in [0.29, 0.717) is 5.57 Å². The van der Waals surface area contributed by atoms with Crippen LogP contribution < -0.4 is 5.73 Å². The molecular formula is C22H18F3N5O2. The van der Waals surface area contributed by atoms with Crippen molar-refractivity contribution < 1.29 is 22.7 Å². The van der Waals surface area contributed by atoms with Crippen molar-refractivity contribution >= 4 is 6.09 Å². The first-order valence-electron chi connectivity index (χ1n) is 9.67. The Morgan fingerprint density at radius 2 is 1.94 bits per heavy atom. The molecule has 0 radical (unpaired) electrons. The number of rotatable bonds is 2. The number of hydrogen-bond acceptors (Lipinski definition) is 6. The summed E-state index contributed by atoms with van der Waals surface area (Å²) < 4.78 is 46.6. The van der Waals surface area contributed by atoms with Gasteiger partial charge < -0.3 is 15.4 Å². The maximum atomic E-state index is 13.9. The molecule has 1 aromatic carbocycles. The Hall–Kier alpha value is -3.97. The number of fused-ring (bicyclic) bond motifs is 1. The molecule has 10 heteroatoms. The first-order chi connectivity index (χ1) is 15.2. The summed E-state index contributed by atoms with van der Waals surface area (Å²) in [6.07, 6.45) is -3.94. The van der Waals surface area contributed by atoms with E-state index in [-0.39, 0.29) is 36.5 Å². The number of hydrogen-bond donors (Lipinski definition) is 1. The molecule has 0 spiro atoms.